The molecule has 0 aliphatic rings. The van der Waals surface area contributed by atoms with E-state index in [9.17, 15) is 4.79 Å². The lowest BCUT2D eigenvalue weighted by atomic mass is 10.2. The molecule has 0 aliphatic carbocycles. The van der Waals surface area contributed by atoms with E-state index in [2.05, 4.69) is 5.32 Å². The van der Waals surface area contributed by atoms with Crippen LogP contribution in [0.3, 0.4) is 0 Å². The summed E-state index contributed by atoms with van der Waals surface area (Å²) in [6.07, 6.45) is 0. The van der Waals surface area contributed by atoms with Gasteiger partial charge in [0, 0.05) is 11.8 Å². The van der Waals surface area contributed by atoms with Gasteiger partial charge in [0.05, 0.1) is 14.2 Å². The molecule has 5 nitrogen and oxygen atoms in total. The molecule has 0 bridgehead atoms. The van der Waals surface area contributed by atoms with Crippen LogP contribution in [0.5, 0.6) is 11.5 Å². The SMILES string of the molecule is COc1ccc(NC(=S)C(N)=O)cc1OC. The molecule has 0 atom stereocenters. The van der Waals surface area contributed by atoms with Gasteiger partial charge in [-0.1, -0.05) is 12.2 Å². The smallest absolute Gasteiger partial charge is 0.276 e. The minimum atomic E-state index is -0.676. The molecular formula is C10H12N2O3S. The molecule has 0 spiro atoms. The monoisotopic (exact) mass is 240 g/mol. The number of nitrogens with two attached hydrogens (primary N) is 1. The van der Waals surface area contributed by atoms with Crippen molar-refractivity contribution >= 4 is 28.8 Å². The van der Waals surface area contributed by atoms with E-state index in [4.69, 9.17) is 27.4 Å². The third-order valence-electron chi connectivity index (χ3n) is 1.87. The number of nitrogens with one attached hydrogen (secondary N) is 1. The molecule has 0 fully saturated rings. The zero-order valence-corrected chi connectivity index (χ0v) is 9.76. The quantitative estimate of drug-likeness (QED) is 0.769. The number of anilines is 1. The molecule has 0 unspecified atom stereocenters. The van der Waals surface area contributed by atoms with E-state index in [0.29, 0.717) is 17.2 Å². The van der Waals surface area contributed by atoms with Gasteiger partial charge in [-0.05, 0) is 12.1 Å². The third-order valence-corrected chi connectivity index (χ3v) is 2.17. The fourth-order valence-electron chi connectivity index (χ4n) is 1.11. The highest BCUT2D eigenvalue weighted by Gasteiger charge is 2.07. The van der Waals surface area contributed by atoms with Crippen molar-refractivity contribution in [3.05, 3.63) is 18.2 Å². The number of carbonyl (C=O) groups excluding carboxylic acids is 1. The number of primary amides is 1. The van der Waals surface area contributed by atoms with Crippen molar-refractivity contribution in [1.29, 1.82) is 0 Å². The second-order valence-electron chi connectivity index (χ2n) is 2.89. The van der Waals surface area contributed by atoms with E-state index in [1.807, 2.05) is 0 Å². The van der Waals surface area contributed by atoms with E-state index in [0.717, 1.165) is 0 Å². The number of benzene rings is 1. The molecule has 3 N–H and O–H groups in total. The number of rotatable bonds is 3. The van der Waals surface area contributed by atoms with Gasteiger partial charge in [-0.25, -0.2) is 0 Å². The molecule has 16 heavy (non-hydrogen) atoms. The van der Waals surface area contributed by atoms with Gasteiger partial charge in [0.25, 0.3) is 5.91 Å². The van der Waals surface area contributed by atoms with Gasteiger partial charge in [-0.3, -0.25) is 4.79 Å². The minimum absolute atomic E-state index is 0.0489. The van der Waals surface area contributed by atoms with Crippen LogP contribution in [0.1, 0.15) is 0 Å². The average Bonchev–Trinajstić information content (AvgIpc) is 2.28. The lowest BCUT2D eigenvalue weighted by Gasteiger charge is -2.10. The summed E-state index contributed by atoms with van der Waals surface area (Å²) < 4.78 is 10.2. The zero-order valence-electron chi connectivity index (χ0n) is 8.94. The van der Waals surface area contributed by atoms with Crippen LogP contribution in [0.4, 0.5) is 5.69 Å². The summed E-state index contributed by atoms with van der Waals surface area (Å²) in [5.74, 6) is 0.461. The Morgan fingerprint density at radius 3 is 2.44 bits per heavy atom. The maximum atomic E-state index is 10.7. The van der Waals surface area contributed by atoms with Gasteiger partial charge in [0.2, 0.25) is 0 Å². The Labute approximate surface area is 98.5 Å². The standard InChI is InChI=1S/C10H12N2O3S/c1-14-7-4-3-6(5-8(7)15-2)12-10(16)9(11)13/h3-5H,1-2H3,(H2,11,13)(H,12,16). The molecule has 0 heterocycles. The Balaban J connectivity index is 2.91. The van der Waals surface area contributed by atoms with Crippen molar-refractivity contribution in [1.82, 2.24) is 0 Å². The first-order valence-corrected chi connectivity index (χ1v) is 4.82. The van der Waals surface area contributed by atoms with Crippen molar-refractivity contribution in [2.24, 2.45) is 5.73 Å². The Kier molecular flexibility index (Phi) is 4.07. The van der Waals surface area contributed by atoms with Gasteiger partial charge in [-0.15, -0.1) is 0 Å². The average molecular weight is 240 g/mol. The van der Waals surface area contributed by atoms with Crippen LogP contribution in [-0.4, -0.2) is 25.1 Å². The Bertz CT molecular complexity index is 421. The predicted molar refractivity (Wildman–Crippen MR) is 65.0 cm³/mol. The van der Waals surface area contributed by atoms with Crippen molar-refractivity contribution in [2.45, 2.75) is 0 Å². The maximum Gasteiger partial charge on any atom is 0.276 e. The number of methoxy groups -OCH3 is 2. The second-order valence-corrected chi connectivity index (χ2v) is 3.30. The summed E-state index contributed by atoms with van der Waals surface area (Å²) in [5.41, 5.74) is 5.62. The first-order chi connectivity index (χ1) is 7.58. The van der Waals surface area contributed by atoms with Crippen LogP contribution in [0.2, 0.25) is 0 Å². The molecule has 0 aromatic heterocycles. The van der Waals surface area contributed by atoms with Gasteiger partial charge in [0.1, 0.15) is 0 Å². The van der Waals surface area contributed by atoms with Gasteiger partial charge in [-0.2, -0.15) is 0 Å². The molecule has 6 heteroatoms. The lowest BCUT2D eigenvalue weighted by Crippen LogP contribution is -2.27. The van der Waals surface area contributed by atoms with Crippen LogP contribution in [-0.2, 0) is 4.79 Å². The van der Waals surface area contributed by atoms with Crippen LogP contribution >= 0.6 is 12.2 Å². The zero-order chi connectivity index (χ0) is 12.1. The fraction of sp³-hybridized carbons (Fsp3) is 0.200. The number of amides is 1. The summed E-state index contributed by atoms with van der Waals surface area (Å²) in [5, 5.41) is 2.69. The number of hydrogen-bond acceptors (Lipinski definition) is 4. The number of hydrogen-bond donors (Lipinski definition) is 2. The van der Waals surface area contributed by atoms with Crippen LogP contribution in [0.25, 0.3) is 0 Å². The van der Waals surface area contributed by atoms with Crippen molar-refractivity contribution in [2.75, 3.05) is 19.5 Å². The van der Waals surface area contributed by atoms with Crippen LogP contribution in [0.15, 0.2) is 18.2 Å². The molecule has 1 aromatic carbocycles. The molecule has 0 radical (unpaired) electrons. The highest BCUT2D eigenvalue weighted by Crippen LogP contribution is 2.29. The van der Waals surface area contributed by atoms with E-state index in [1.165, 1.54) is 7.11 Å². The number of carbonyl (C=O) groups is 1. The molecule has 0 saturated carbocycles. The molecular weight excluding hydrogens is 228 g/mol. The first kappa shape index (κ1) is 12.3. The van der Waals surface area contributed by atoms with Crippen LogP contribution < -0.4 is 20.5 Å². The number of thiocarbonyl (C=S) groups is 1. The highest BCUT2D eigenvalue weighted by molar-refractivity contribution is 7.82. The van der Waals surface area contributed by atoms with Crippen molar-refractivity contribution in [3.8, 4) is 11.5 Å². The molecule has 1 rings (SSSR count). The minimum Gasteiger partial charge on any atom is -0.493 e. The summed E-state index contributed by atoms with van der Waals surface area (Å²) in [6.45, 7) is 0. The predicted octanol–water partition coefficient (Wildman–Crippen LogP) is 0.928. The Morgan fingerprint density at radius 2 is 1.94 bits per heavy atom. The molecule has 1 aromatic rings. The van der Waals surface area contributed by atoms with Crippen molar-refractivity contribution < 1.29 is 14.3 Å². The van der Waals surface area contributed by atoms with Crippen molar-refractivity contribution in [3.63, 3.8) is 0 Å². The van der Waals surface area contributed by atoms with Gasteiger partial charge in [0.15, 0.2) is 16.5 Å². The number of ether oxygens (including phenoxy) is 2. The van der Waals surface area contributed by atoms with E-state index in [-0.39, 0.29) is 4.99 Å². The largest absolute Gasteiger partial charge is 0.493 e. The molecule has 0 saturated heterocycles. The third kappa shape index (κ3) is 2.83. The molecule has 86 valence electrons. The summed E-state index contributed by atoms with van der Waals surface area (Å²) in [6, 6.07) is 5.06. The molecule has 1 amide bonds. The molecule has 0 aliphatic heterocycles. The van der Waals surface area contributed by atoms with Crippen LogP contribution in [0, 0.1) is 0 Å². The first-order valence-electron chi connectivity index (χ1n) is 4.41. The Hall–Kier alpha value is -1.82. The highest BCUT2D eigenvalue weighted by atomic mass is 32.1. The van der Waals surface area contributed by atoms with Gasteiger partial charge >= 0.3 is 0 Å². The van der Waals surface area contributed by atoms with E-state index < -0.39 is 5.91 Å². The second kappa shape index (κ2) is 5.32. The Morgan fingerprint density at radius 1 is 1.31 bits per heavy atom. The normalized spacial score (nSPS) is 9.38. The summed E-state index contributed by atoms with van der Waals surface area (Å²) >= 11 is 4.74. The maximum absolute atomic E-state index is 10.7. The van der Waals surface area contributed by atoms with Gasteiger partial charge < -0.3 is 20.5 Å². The fourth-order valence-corrected chi connectivity index (χ4v) is 1.22. The van der Waals surface area contributed by atoms with E-state index >= 15 is 0 Å². The van der Waals surface area contributed by atoms with E-state index in [1.54, 1.807) is 25.3 Å². The summed E-state index contributed by atoms with van der Waals surface area (Å²) in [4.78, 5) is 10.7. The summed E-state index contributed by atoms with van der Waals surface area (Å²) in [7, 11) is 3.06. The lowest BCUT2D eigenvalue weighted by molar-refractivity contribution is -0.111. The topological polar surface area (TPSA) is 73.6 Å².